The molecule has 0 aromatic carbocycles. The van der Waals surface area contributed by atoms with Crippen LogP contribution in [0.1, 0.15) is 78.1 Å². The van der Waals surface area contributed by atoms with E-state index in [9.17, 15) is 4.79 Å². The average Bonchev–Trinajstić information content (AvgIpc) is 2.63. The fourth-order valence-corrected chi connectivity index (χ4v) is 2.21. The topological polar surface area (TPSA) is 26.3 Å². The van der Waals surface area contributed by atoms with Crippen molar-refractivity contribution >= 4 is 5.97 Å². The Hall–Kier alpha value is -1.83. The van der Waals surface area contributed by atoms with Gasteiger partial charge in [0.1, 0.15) is 0 Å². The molecule has 0 amide bonds. The van der Waals surface area contributed by atoms with Crippen molar-refractivity contribution in [3.8, 4) is 0 Å². The van der Waals surface area contributed by atoms with Gasteiger partial charge in [0.2, 0.25) is 0 Å². The third kappa shape index (κ3) is 18.5. The van der Waals surface area contributed by atoms with Crippen LogP contribution in [0.3, 0.4) is 0 Å². The minimum absolute atomic E-state index is 0.289. The molecule has 0 aromatic rings. The first kappa shape index (κ1) is 24.2. The normalized spacial score (nSPS) is 12.1. The minimum atomic E-state index is -0.289. The van der Waals surface area contributed by atoms with Gasteiger partial charge in [-0.2, -0.15) is 0 Å². The van der Waals surface area contributed by atoms with E-state index in [4.69, 9.17) is 4.74 Å². The molecule has 26 heavy (non-hydrogen) atoms. The van der Waals surface area contributed by atoms with Crippen molar-refractivity contribution in [3.05, 3.63) is 60.8 Å². The van der Waals surface area contributed by atoms with Crippen LogP contribution in [-0.2, 0) is 9.53 Å². The molecule has 0 saturated carbocycles. The van der Waals surface area contributed by atoms with Crippen molar-refractivity contribution in [2.24, 2.45) is 0 Å². The fourth-order valence-electron chi connectivity index (χ4n) is 2.21. The summed E-state index contributed by atoms with van der Waals surface area (Å²) in [5.41, 5.74) is 0.463. The molecule has 0 rings (SSSR count). The Balaban J connectivity index is 3.43. The summed E-state index contributed by atoms with van der Waals surface area (Å²) in [6.45, 7) is 7.95. The van der Waals surface area contributed by atoms with E-state index in [1.807, 2.05) is 0 Å². The molecule has 2 heteroatoms. The highest BCUT2D eigenvalue weighted by Gasteiger charge is 2.00. The summed E-state index contributed by atoms with van der Waals surface area (Å²) < 4.78 is 5.05. The molecule has 0 N–H and O–H groups in total. The Bertz CT molecular complexity index is 467. The summed E-state index contributed by atoms with van der Waals surface area (Å²) in [5.74, 6) is -0.289. The maximum absolute atomic E-state index is 11.2. The molecule has 0 unspecified atom stereocenters. The van der Waals surface area contributed by atoms with Gasteiger partial charge in [-0.05, 0) is 58.3 Å². The van der Waals surface area contributed by atoms with Gasteiger partial charge in [-0.1, -0.05) is 75.0 Å². The van der Waals surface area contributed by atoms with Gasteiger partial charge in [0.25, 0.3) is 0 Å². The summed E-state index contributed by atoms with van der Waals surface area (Å²) in [6, 6.07) is 0. The van der Waals surface area contributed by atoms with Crippen LogP contribution >= 0.6 is 0 Å². The van der Waals surface area contributed by atoms with Crippen LogP contribution in [0.2, 0.25) is 0 Å². The molecule has 0 bridgehead atoms. The van der Waals surface area contributed by atoms with Gasteiger partial charge in [-0.15, -0.1) is 0 Å². The van der Waals surface area contributed by atoms with Gasteiger partial charge in [0.05, 0.1) is 6.61 Å². The van der Waals surface area contributed by atoms with Crippen molar-refractivity contribution < 1.29 is 9.53 Å². The van der Waals surface area contributed by atoms with E-state index >= 15 is 0 Å². The summed E-state index contributed by atoms with van der Waals surface area (Å²) in [6.07, 6.45) is 29.0. The predicted octanol–water partition coefficient (Wildman–Crippen LogP) is 7.25. The van der Waals surface area contributed by atoms with E-state index in [0.29, 0.717) is 12.2 Å². The number of esters is 1. The smallest absolute Gasteiger partial charge is 0.333 e. The summed E-state index contributed by atoms with van der Waals surface area (Å²) >= 11 is 0. The first-order chi connectivity index (χ1) is 12.7. The Morgan fingerprint density at radius 3 is 1.69 bits per heavy atom. The van der Waals surface area contributed by atoms with Gasteiger partial charge < -0.3 is 4.74 Å². The highest BCUT2D eigenvalue weighted by molar-refractivity contribution is 5.86. The van der Waals surface area contributed by atoms with E-state index in [2.05, 4.69) is 62.1 Å². The molecule has 0 aliphatic carbocycles. The van der Waals surface area contributed by atoms with E-state index in [1.54, 1.807) is 6.92 Å². The number of hydrogen-bond donors (Lipinski definition) is 0. The second-order valence-corrected chi connectivity index (χ2v) is 6.50. The lowest BCUT2D eigenvalue weighted by molar-refractivity contribution is -0.139. The van der Waals surface area contributed by atoms with Crippen molar-refractivity contribution in [2.75, 3.05) is 6.61 Å². The van der Waals surface area contributed by atoms with Gasteiger partial charge in [0, 0.05) is 5.57 Å². The number of carbonyl (C=O) groups excluding carboxylic acids is 1. The van der Waals surface area contributed by atoms with Crippen molar-refractivity contribution in [1.82, 2.24) is 0 Å². The number of allylic oxidation sites excluding steroid dienone is 8. The number of ether oxygens (including phenoxy) is 1. The van der Waals surface area contributed by atoms with E-state index in [0.717, 1.165) is 38.5 Å². The van der Waals surface area contributed by atoms with Crippen molar-refractivity contribution in [3.63, 3.8) is 0 Å². The lowest BCUT2D eigenvalue weighted by Gasteiger charge is -2.02. The summed E-state index contributed by atoms with van der Waals surface area (Å²) in [5, 5.41) is 0. The third-order valence-electron chi connectivity index (χ3n) is 3.80. The molecule has 2 nitrogen and oxygen atoms in total. The largest absolute Gasteiger partial charge is 0.462 e. The second kappa shape index (κ2) is 19.5. The molecular weight excluding hydrogens is 320 g/mol. The molecule has 0 aliphatic heterocycles. The molecule has 0 aliphatic rings. The van der Waals surface area contributed by atoms with E-state index in [-0.39, 0.29) is 5.97 Å². The van der Waals surface area contributed by atoms with Crippen LogP contribution < -0.4 is 0 Å². The molecular formula is C24H38O2. The third-order valence-corrected chi connectivity index (χ3v) is 3.80. The standard InChI is InChI=1S/C24H38O2/c1-4-5-6-7-8-9-10-11-12-13-14-15-16-17-18-19-20-21-22-26-24(25)23(2)3/h8-9,11-12,14-15,17-18H,2,4-7,10,13,16,19-22H2,1,3H3/b9-8-,12-11-,15-14-,18-17-. The predicted molar refractivity (Wildman–Crippen MR) is 114 cm³/mol. The zero-order valence-corrected chi connectivity index (χ0v) is 16.9. The zero-order chi connectivity index (χ0) is 19.3. The lowest BCUT2D eigenvalue weighted by atomic mass is 10.2. The van der Waals surface area contributed by atoms with Crippen LogP contribution in [0.5, 0.6) is 0 Å². The number of hydrogen-bond acceptors (Lipinski definition) is 2. The van der Waals surface area contributed by atoms with Gasteiger partial charge in [-0.25, -0.2) is 4.79 Å². The van der Waals surface area contributed by atoms with Crippen LogP contribution in [0.4, 0.5) is 0 Å². The maximum Gasteiger partial charge on any atom is 0.333 e. The van der Waals surface area contributed by atoms with E-state index in [1.165, 1.54) is 25.7 Å². The number of rotatable bonds is 16. The van der Waals surface area contributed by atoms with Gasteiger partial charge >= 0.3 is 5.97 Å². The Morgan fingerprint density at radius 1 is 0.769 bits per heavy atom. The SMILES string of the molecule is C=C(C)C(=O)OCCCC/C=C\C/C=C\C/C=C\C/C=C\CCCCC. The van der Waals surface area contributed by atoms with E-state index < -0.39 is 0 Å². The van der Waals surface area contributed by atoms with Crippen molar-refractivity contribution in [2.45, 2.75) is 78.1 Å². The molecule has 0 heterocycles. The highest BCUT2D eigenvalue weighted by Crippen LogP contribution is 2.02. The quantitative estimate of drug-likeness (QED) is 0.126. The monoisotopic (exact) mass is 358 g/mol. The van der Waals surface area contributed by atoms with Crippen LogP contribution in [-0.4, -0.2) is 12.6 Å². The molecule has 0 atom stereocenters. The van der Waals surface area contributed by atoms with Gasteiger partial charge in [0.15, 0.2) is 0 Å². The van der Waals surface area contributed by atoms with Crippen molar-refractivity contribution in [1.29, 1.82) is 0 Å². The minimum Gasteiger partial charge on any atom is -0.462 e. The molecule has 0 aromatic heterocycles. The Morgan fingerprint density at radius 2 is 1.23 bits per heavy atom. The zero-order valence-electron chi connectivity index (χ0n) is 16.9. The second-order valence-electron chi connectivity index (χ2n) is 6.50. The highest BCUT2D eigenvalue weighted by atomic mass is 16.5. The molecule has 146 valence electrons. The number of carbonyl (C=O) groups is 1. The Labute approximate surface area is 161 Å². The van der Waals surface area contributed by atoms with Crippen LogP contribution in [0, 0.1) is 0 Å². The molecule has 0 spiro atoms. The number of unbranched alkanes of at least 4 members (excludes halogenated alkanes) is 5. The maximum atomic E-state index is 11.2. The summed E-state index contributed by atoms with van der Waals surface area (Å²) in [7, 11) is 0. The lowest BCUT2D eigenvalue weighted by Crippen LogP contribution is -2.05. The molecule has 0 fully saturated rings. The first-order valence-electron chi connectivity index (χ1n) is 10.1. The van der Waals surface area contributed by atoms with Crippen LogP contribution in [0.25, 0.3) is 0 Å². The summed E-state index contributed by atoms with van der Waals surface area (Å²) in [4.78, 5) is 11.2. The molecule has 0 radical (unpaired) electrons. The Kier molecular flexibility index (Phi) is 18.1. The van der Waals surface area contributed by atoms with Crippen LogP contribution in [0.15, 0.2) is 60.8 Å². The first-order valence-corrected chi connectivity index (χ1v) is 10.1. The average molecular weight is 359 g/mol. The van der Waals surface area contributed by atoms with Gasteiger partial charge in [-0.3, -0.25) is 0 Å². The fraction of sp³-hybridized carbons (Fsp3) is 0.542. The molecule has 0 saturated heterocycles.